The molecular weight excluding hydrogens is 122 g/mol. The van der Waals surface area contributed by atoms with Gasteiger partial charge in [-0.2, -0.15) is 0 Å². The van der Waals surface area contributed by atoms with Crippen LogP contribution in [0.5, 0.6) is 0 Å². The molecule has 2 nitrogen and oxygen atoms in total. The maximum absolute atomic E-state index is 7.34. The number of hydrogen-bond acceptors (Lipinski definition) is 1. The zero-order chi connectivity index (χ0) is 3.58. The molecule has 0 amide bonds. The normalized spacial score (nSPS) is 4.00. The van der Waals surface area contributed by atoms with Gasteiger partial charge in [-0.15, -0.1) is 0 Å². The molecule has 0 saturated heterocycles. The Bertz CT molecular complexity index is 34.5. The zero-order valence-corrected chi connectivity index (χ0v) is 2.62. The van der Waals surface area contributed by atoms with Crippen molar-refractivity contribution in [1.29, 1.82) is 0 Å². The molecule has 0 saturated carbocycles. The van der Waals surface area contributed by atoms with Gasteiger partial charge in [-0.05, 0) is 0 Å². The summed E-state index contributed by atoms with van der Waals surface area (Å²) in [6, 6.07) is 0. The van der Waals surface area contributed by atoms with Gasteiger partial charge < -0.3 is 10.2 Å². The molecule has 0 spiro atoms. The third kappa shape index (κ3) is 43.8. The summed E-state index contributed by atoms with van der Waals surface area (Å²) in [6.45, 7) is 0. The first kappa shape index (κ1) is 15.6. The van der Waals surface area contributed by atoms with Crippen molar-refractivity contribution >= 4 is 76.6 Å². The molecule has 0 rings (SSSR count). The second-order valence-corrected chi connectivity index (χ2v) is 0.648. The Morgan fingerprint density at radius 2 is 1.17 bits per heavy atom. The van der Waals surface area contributed by atoms with E-state index in [-0.39, 0.29) is 59.1 Å². The van der Waals surface area contributed by atoms with Crippen molar-refractivity contribution in [1.82, 2.24) is 0 Å². The topological polar surface area (TPSA) is 40.5 Å². The van der Waals surface area contributed by atoms with E-state index in [0.717, 1.165) is 0 Å². The Hall–Kier alpha value is 1.69. The van der Waals surface area contributed by atoms with Crippen LogP contribution in [-0.2, 0) is 0 Å². The van der Waals surface area contributed by atoms with Gasteiger partial charge in [-0.3, -0.25) is 0 Å². The molecule has 0 aromatic rings. The van der Waals surface area contributed by atoms with Gasteiger partial charge in [-0.1, -0.05) is 0 Å². The van der Waals surface area contributed by atoms with Crippen molar-refractivity contribution in [2.45, 2.75) is 0 Å². The summed E-state index contributed by atoms with van der Waals surface area (Å²) in [5.74, 6) is 0. The van der Waals surface area contributed by atoms with Gasteiger partial charge in [-0.25, -0.2) is 0 Å². The van der Waals surface area contributed by atoms with Crippen molar-refractivity contribution in [3.05, 3.63) is 0 Å². The second-order valence-electron chi connectivity index (χ2n) is 0.283. The molecule has 0 aliphatic rings. The van der Waals surface area contributed by atoms with E-state index in [1.807, 2.05) is 0 Å². The van der Waals surface area contributed by atoms with E-state index >= 15 is 0 Å². The van der Waals surface area contributed by atoms with Crippen LogP contribution >= 0.6 is 12.2 Å². The molecule has 6 heavy (non-hydrogen) atoms. The minimum atomic E-state index is -1.000. The van der Waals surface area contributed by atoms with E-state index in [1.165, 1.54) is 0 Å². The Balaban J connectivity index is -0.0000000450. The number of aliphatic hydroxyl groups excluding tert-OH is 1. The SMILES string of the molecule is OC(O)=S.[NaH].[NaH]. The molecular formula is CH4Na2O2S. The van der Waals surface area contributed by atoms with Crippen LogP contribution < -0.4 is 0 Å². The van der Waals surface area contributed by atoms with Crippen molar-refractivity contribution in [3.8, 4) is 0 Å². The summed E-state index contributed by atoms with van der Waals surface area (Å²) in [4.78, 5) is 0. The molecule has 0 heterocycles. The third-order valence-electron chi connectivity index (χ3n) is 0. The summed E-state index contributed by atoms with van der Waals surface area (Å²) >= 11 is 3.65. The first-order chi connectivity index (χ1) is 1.73. The summed E-state index contributed by atoms with van der Waals surface area (Å²) in [6.07, 6.45) is 0. The van der Waals surface area contributed by atoms with E-state index in [2.05, 4.69) is 12.2 Å². The summed E-state index contributed by atoms with van der Waals surface area (Å²) in [5, 5.41) is 13.7. The second kappa shape index (κ2) is 9.85. The van der Waals surface area contributed by atoms with Crippen molar-refractivity contribution in [2.75, 3.05) is 0 Å². The van der Waals surface area contributed by atoms with E-state index in [1.54, 1.807) is 0 Å². The number of rotatable bonds is 0. The fourth-order valence-corrected chi connectivity index (χ4v) is 0. The Morgan fingerprint density at radius 3 is 1.17 bits per heavy atom. The minimum absolute atomic E-state index is 0. The van der Waals surface area contributed by atoms with Gasteiger partial charge >= 0.3 is 64.4 Å². The molecule has 0 aliphatic heterocycles. The fourth-order valence-electron chi connectivity index (χ4n) is 0. The standard InChI is InChI=1S/CH2O2S.2Na.2H/c2-1(3)4;;;;/h(H2,2,3,4);;;;. The predicted molar refractivity (Wildman–Crippen MR) is 32.2 cm³/mol. The quantitative estimate of drug-likeness (QED) is 0.326. The summed E-state index contributed by atoms with van der Waals surface area (Å²) in [5.41, 5.74) is 0. The van der Waals surface area contributed by atoms with Gasteiger partial charge in [0.25, 0.3) is 0 Å². The predicted octanol–water partition coefficient (Wildman–Crippen LogP) is -0.910. The molecule has 5 heteroatoms. The van der Waals surface area contributed by atoms with Crippen molar-refractivity contribution in [3.63, 3.8) is 0 Å². The van der Waals surface area contributed by atoms with Crippen LogP contribution in [0.4, 0.5) is 0 Å². The number of aliphatic hydroxyl groups is 2. The van der Waals surface area contributed by atoms with E-state index < -0.39 is 5.24 Å². The molecule has 0 atom stereocenters. The maximum atomic E-state index is 7.34. The summed E-state index contributed by atoms with van der Waals surface area (Å²) < 4.78 is 0. The van der Waals surface area contributed by atoms with Gasteiger partial charge in [0.05, 0.1) is 0 Å². The van der Waals surface area contributed by atoms with E-state index in [9.17, 15) is 0 Å². The van der Waals surface area contributed by atoms with Crippen LogP contribution in [0.15, 0.2) is 0 Å². The molecule has 0 aromatic carbocycles. The van der Waals surface area contributed by atoms with Gasteiger partial charge in [0.1, 0.15) is 0 Å². The number of thiocarbonyl (C=S) groups is 1. The van der Waals surface area contributed by atoms with Crippen LogP contribution in [0.25, 0.3) is 0 Å². The average molecular weight is 126 g/mol. The zero-order valence-electron chi connectivity index (χ0n) is 1.80. The molecule has 0 fully saturated rings. The molecule has 0 unspecified atom stereocenters. The molecule has 0 aliphatic carbocycles. The summed E-state index contributed by atoms with van der Waals surface area (Å²) in [7, 11) is 0. The molecule has 0 radical (unpaired) electrons. The molecule has 2 N–H and O–H groups in total. The van der Waals surface area contributed by atoms with Gasteiger partial charge in [0.15, 0.2) is 0 Å². The average Bonchev–Trinajstić information content (AvgIpc) is 0.811. The van der Waals surface area contributed by atoms with Crippen molar-refractivity contribution < 1.29 is 10.2 Å². The fraction of sp³-hybridized carbons (Fsp3) is 0. The van der Waals surface area contributed by atoms with Crippen LogP contribution in [0, 0.1) is 0 Å². The monoisotopic (exact) mass is 126 g/mol. The van der Waals surface area contributed by atoms with Crippen LogP contribution in [-0.4, -0.2) is 74.6 Å². The molecule has 28 valence electrons. The Labute approximate surface area is 85.5 Å². The van der Waals surface area contributed by atoms with Crippen LogP contribution in [0.3, 0.4) is 0 Å². The molecule has 0 aromatic heterocycles. The first-order valence-electron chi connectivity index (χ1n) is 0.651. The Kier molecular flexibility index (Phi) is 25.7. The van der Waals surface area contributed by atoms with E-state index in [0.29, 0.717) is 0 Å². The van der Waals surface area contributed by atoms with E-state index in [4.69, 9.17) is 10.2 Å². The van der Waals surface area contributed by atoms with Crippen LogP contribution in [0.2, 0.25) is 0 Å². The van der Waals surface area contributed by atoms with Crippen LogP contribution in [0.1, 0.15) is 0 Å². The van der Waals surface area contributed by atoms with Crippen molar-refractivity contribution in [2.24, 2.45) is 0 Å². The molecule has 0 bridgehead atoms. The first-order valence-corrected chi connectivity index (χ1v) is 1.06. The third-order valence-corrected chi connectivity index (χ3v) is 0. The van der Waals surface area contributed by atoms with Gasteiger partial charge in [0.2, 0.25) is 0 Å². The number of hydrogen-bond donors (Lipinski definition) is 2. The van der Waals surface area contributed by atoms with Gasteiger partial charge in [0, 0.05) is 12.2 Å². The Morgan fingerprint density at radius 1 is 1.17 bits per heavy atom.